The maximum Gasteiger partial charge on any atom is 0.229 e. The summed E-state index contributed by atoms with van der Waals surface area (Å²) in [5.41, 5.74) is -0.256. The molecule has 11 heavy (non-hydrogen) atoms. The van der Waals surface area contributed by atoms with E-state index in [1.807, 2.05) is 0 Å². The lowest BCUT2D eigenvalue weighted by atomic mass is 10.3. The molecule has 0 aromatic carbocycles. The van der Waals surface area contributed by atoms with Gasteiger partial charge in [-0.1, -0.05) is 0 Å². The largest absolute Gasteiger partial charge is 0.480 e. The number of hydrogen-bond donors (Lipinski definition) is 1. The Kier molecular flexibility index (Phi) is 3.74. The fourth-order valence-corrected chi connectivity index (χ4v) is 0.393. The Morgan fingerprint density at radius 3 is 2.09 bits per heavy atom. The molecule has 0 saturated heterocycles. The molecular weight excluding hydrogens is 144 g/mol. The molecule has 0 aromatic rings. The number of ether oxygens (including phenoxy) is 1. The summed E-state index contributed by atoms with van der Waals surface area (Å²) < 4.78 is 4.54. The molecule has 0 unspecified atom stereocenters. The van der Waals surface area contributed by atoms with Crippen LogP contribution in [0.3, 0.4) is 0 Å². The summed E-state index contributed by atoms with van der Waals surface area (Å²) in [6.45, 7) is 0. The number of methoxy groups -OCH3 is 1. The molecule has 0 amide bonds. The molecule has 0 heterocycles. The number of nitrogens with one attached hydrogen (secondary N) is 1. The highest BCUT2D eigenvalue weighted by Crippen LogP contribution is 1.98. The van der Waals surface area contributed by atoms with E-state index >= 15 is 0 Å². The van der Waals surface area contributed by atoms with Gasteiger partial charge in [0.05, 0.1) is 7.11 Å². The van der Waals surface area contributed by atoms with Crippen LogP contribution in [0.25, 0.3) is 0 Å². The van der Waals surface area contributed by atoms with Crippen molar-refractivity contribution in [2.75, 3.05) is 7.11 Å². The fraction of sp³-hybridized carbons (Fsp3) is 0.167. The molecular formula is C6H4N4O. The Balaban J connectivity index is 4.73. The van der Waals surface area contributed by atoms with Crippen LogP contribution in [0.5, 0.6) is 0 Å². The zero-order valence-corrected chi connectivity index (χ0v) is 5.75. The first-order chi connectivity index (χ1) is 5.29. The van der Waals surface area contributed by atoms with Crippen molar-refractivity contribution in [2.45, 2.75) is 0 Å². The molecule has 1 N–H and O–H groups in total. The van der Waals surface area contributed by atoms with Crippen molar-refractivity contribution < 1.29 is 4.74 Å². The maximum atomic E-state index is 8.29. The lowest BCUT2D eigenvalue weighted by Crippen LogP contribution is -2.09. The standard InChI is InChI=1S/C6H4N4O/c1-11-6(10-4-9)5(2-7)3-8/h10H,1H3. The van der Waals surface area contributed by atoms with Crippen LogP contribution in [-0.2, 0) is 4.74 Å². The molecule has 0 aliphatic heterocycles. The van der Waals surface area contributed by atoms with E-state index in [0.29, 0.717) is 0 Å². The minimum atomic E-state index is -0.256. The lowest BCUT2D eigenvalue weighted by molar-refractivity contribution is 0.271. The average Bonchev–Trinajstić information content (AvgIpc) is 2.05. The molecule has 0 aromatic heterocycles. The minimum Gasteiger partial charge on any atom is -0.480 e. The molecule has 5 heteroatoms. The number of hydrogen-bond acceptors (Lipinski definition) is 5. The van der Waals surface area contributed by atoms with Crippen LogP contribution >= 0.6 is 0 Å². The van der Waals surface area contributed by atoms with E-state index in [4.69, 9.17) is 15.8 Å². The summed E-state index contributed by atoms with van der Waals surface area (Å²) in [5.74, 6) is -0.127. The number of allylic oxidation sites excluding steroid dienone is 1. The van der Waals surface area contributed by atoms with Gasteiger partial charge in [-0.05, 0) is 0 Å². The van der Waals surface area contributed by atoms with Gasteiger partial charge in [0, 0.05) is 0 Å². The SMILES string of the molecule is COC(NC#N)=C(C#N)C#N. The van der Waals surface area contributed by atoms with E-state index in [2.05, 4.69) is 10.1 Å². The van der Waals surface area contributed by atoms with Gasteiger partial charge >= 0.3 is 0 Å². The van der Waals surface area contributed by atoms with Crippen molar-refractivity contribution in [2.24, 2.45) is 0 Å². The van der Waals surface area contributed by atoms with Crippen LogP contribution in [0.4, 0.5) is 0 Å². The van der Waals surface area contributed by atoms with Gasteiger partial charge in [-0.25, -0.2) is 0 Å². The first kappa shape index (κ1) is 8.81. The van der Waals surface area contributed by atoms with E-state index in [1.54, 1.807) is 12.1 Å². The molecule has 0 aliphatic rings. The average molecular weight is 148 g/mol. The zero-order valence-electron chi connectivity index (χ0n) is 5.75. The van der Waals surface area contributed by atoms with Gasteiger partial charge < -0.3 is 4.74 Å². The Labute approximate surface area is 63.7 Å². The van der Waals surface area contributed by atoms with Gasteiger partial charge in [-0.3, -0.25) is 5.32 Å². The topological polar surface area (TPSA) is 92.6 Å². The van der Waals surface area contributed by atoms with Gasteiger partial charge in [0.25, 0.3) is 0 Å². The smallest absolute Gasteiger partial charge is 0.229 e. The zero-order chi connectivity index (χ0) is 8.69. The number of nitriles is 3. The monoisotopic (exact) mass is 148 g/mol. The highest BCUT2D eigenvalue weighted by atomic mass is 16.5. The van der Waals surface area contributed by atoms with E-state index in [1.165, 1.54) is 13.3 Å². The van der Waals surface area contributed by atoms with Crippen molar-refractivity contribution in [1.29, 1.82) is 15.8 Å². The molecule has 0 rings (SSSR count). The molecule has 0 aliphatic carbocycles. The lowest BCUT2D eigenvalue weighted by Gasteiger charge is -1.99. The van der Waals surface area contributed by atoms with Crippen molar-refractivity contribution in [3.05, 3.63) is 11.5 Å². The summed E-state index contributed by atoms with van der Waals surface area (Å²) in [6, 6.07) is 3.13. The first-order valence-electron chi connectivity index (χ1n) is 2.53. The summed E-state index contributed by atoms with van der Waals surface area (Å²) in [5, 5.41) is 26.8. The first-order valence-corrected chi connectivity index (χ1v) is 2.53. The molecule has 54 valence electrons. The van der Waals surface area contributed by atoms with E-state index in [9.17, 15) is 0 Å². The second-order valence-corrected chi connectivity index (χ2v) is 1.37. The molecule has 0 bridgehead atoms. The predicted molar refractivity (Wildman–Crippen MR) is 34.0 cm³/mol. The normalized spacial score (nSPS) is 6.36. The molecule has 5 nitrogen and oxygen atoms in total. The van der Waals surface area contributed by atoms with Gasteiger partial charge in [0.2, 0.25) is 5.88 Å². The van der Waals surface area contributed by atoms with E-state index in [0.717, 1.165) is 0 Å². The fourth-order valence-electron chi connectivity index (χ4n) is 0.393. The maximum absolute atomic E-state index is 8.29. The second kappa shape index (κ2) is 4.67. The van der Waals surface area contributed by atoms with Gasteiger partial charge in [0.15, 0.2) is 11.8 Å². The Bertz CT molecular complexity index is 269. The van der Waals surface area contributed by atoms with Crippen LogP contribution in [0.1, 0.15) is 0 Å². The van der Waals surface area contributed by atoms with E-state index in [-0.39, 0.29) is 11.5 Å². The molecule has 0 saturated carbocycles. The van der Waals surface area contributed by atoms with Crippen molar-refractivity contribution in [3.63, 3.8) is 0 Å². The van der Waals surface area contributed by atoms with Gasteiger partial charge in [-0.2, -0.15) is 15.8 Å². The number of nitrogens with zero attached hydrogens (tertiary/aromatic N) is 3. The Morgan fingerprint density at radius 2 is 1.82 bits per heavy atom. The summed E-state index contributed by atoms with van der Waals surface area (Å²) in [4.78, 5) is 0. The van der Waals surface area contributed by atoms with Gasteiger partial charge in [-0.15, -0.1) is 0 Å². The molecule has 0 atom stereocenters. The third kappa shape index (κ3) is 2.26. The summed E-state index contributed by atoms with van der Waals surface area (Å²) in [6.07, 6.45) is 1.53. The highest BCUT2D eigenvalue weighted by Gasteiger charge is 2.03. The molecule has 0 spiro atoms. The van der Waals surface area contributed by atoms with Crippen LogP contribution in [-0.4, -0.2) is 7.11 Å². The van der Waals surface area contributed by atoms with Crippen molar-refractivity contribution in [1.82, 2.24) is 5.32 Å². The minimum absolute atomic E-state index is 0.127. The third-order valence-electron chi connectivity index (χ3n) is 0.824. The van der Waals surface area contributed by atoms with Crippen LogP contribution in [0.15, 0.2) is 11.5 Å². The van der Waals surface area contributed by atoms with Crippen molar-refractivity contribution >= 4 is 0 Å². The van der Waals surface area contributed by atoms with Crippen molar-refractivity contribution in [3.8, 4) is 18.3 Å². The number of rotatable bonds is 2. The van der Waals surface area contributed by atoms with Gasteiger partial charge in [0.1, 0.15) is 12.1 Å². The molecule has 0 fully saturated rings. The quantitative estimate of drug-likeness (QED) is 0.257. The van der Waals surface area contributed by atoms with Crippen LogP contribution < -0.4 is 5.32 Å². The van der Waals surface area contributed by atoms with Crippen LogP contribution in [0.2, 0.25) is 0 Å². The third-order valence-corrected chi connectivity index (χ3v) is 0.824. The van der Waals surface area contributed by atoms with E-state index < -0.39 is 0 Å². The second-order valence-electron chi connectivity index (χ2n) is 1.37. The Morgan fingerprint density at radius 1 is 1.27 bits per heavy atom. The Hall–Kier alpha value is -2.19. The molecule has 0 radical (unpaired) electrons. The summed E-state index contributed by atoms with van der Waals surface area (Å²) >= 11 is 0. The highest BCUT2D eigenvalue weighted by molar-refractivity contribution is 5.37. The van der Waals surface area contributed by atoms with Crippen LogP contribution in [0, 0.1) is 34.1 Å². The predicted octanol–water partition coefficient (Wildman–Crippen LogP) is -0.0378. The summed E-state index contributed by atoms with van der Waals surface area (Å²) in [7, 11) is 1.26.